The summed E-state index contributed by atoms with van der Waals surface area (Å²) in [4.78, 5) is 6.53. The number of nitrogens with zero attached hydrogens (tertiary/aromatic N) is 3. The van der Waals surface area contributed by atoms with Gasteiger partial charge < -0.3 is 14.7 Å². The maximum absolute atomic E-state index is 10.1. The standard InChI is InChI=1S/C20H23N3O2/c1-25-18-6-4-16(5-7-18)13-20(15-24)8-11-23(12-9-20)19-17(14-21)3-2-10-22-19/h2-7,10,24H,8-9,11-13,15H2,1H3. The molecule has 0 bridgehead atoms. The Morgan fingerprint density at radius 2 is 1.96 bits per heavy atom. The van der Waals surface area contributed by atoms with Crippen LogP contribution in [0.4, 0.5) is 5.82 Å². The van der Waals surface area contributed by atoms with E-state index in [9.17, 15) is 10.4 Å². The van der Waals surface area contributed by atoms with Crippen LogP contribution < -0.4 is 9.64 Å². The van der Waals surface area contributed by atoms with E-state index in [4.69, 9.17) is 4.74 Å². The first-order valence-electron chi connectivity index (χ1n) is 8.53. The summed E-state index contributed by atoms with van der Waals surface area (Å²) in [5.74, 6) is 1.59. The molecule has 1 saturated heterocycles. The fraction of sp³-hybridized carbons (Fsp3) is 0.400. The van der Waals surface area contributed by atoms with E-state index in [1.54, 1.807) is 25.4 Å². The summed E-state index contributed by atoms with van der Waals surface area (Å²) in [7, 11) is 1.66. The molecule has 5 heteroatoms. The molecule has 1 aliphatic heterocycles. The molecule has 2 heterocycles. The van der Waals surface area contributed by atoms with Crippen molar-refractivity contribution in [1.29, 1.82) is 5.26 Å². The number of aromatic nitrogens is 1. The number of aliphatic hydroxyl groups excluding tert-OH is 1. The molecule has 0 radical (unpaired) electrons. The second kappa shape index (κ2) is 7.54. The number of ether oxygens (including phenoxy) is 1. The number of methoxy groups -OCH3 is 1. The summed E-state index contributed by atoms with van der Waals surface area (Å²) < 4.78 is 5.21. The number of piperidine rings is 1. The van der Waals surface area contributed by atoms with E-state index >= 15 is 0 Å². The number of benzene rings is 1. The number of anilines is 1. The van der Waals surface area contributed by atoms with Crippen LogP contribution in [0.3, 0.4) is 0 Å². The lowest BCUT2D eigenvalue weighted by atomic mass is 9.74. The summed E-state index contributed by atoms with van der Waals surface area (Å²) >= 11 is 0. The van der Waals surface area contributed by atoms with Gasteiger partial charge in [-0.1, -0.05) is 12.1 Å². The fourth-order valence-electron chi connectivity index (χ4n) is 3.50. The third-order valence-electron chi connectivity index (χ3n) is 5.10. The van der Waals surface area contributed by atoms with Crippen LogP contribution in [0.5, 0.6) is 5.75 Å². The van der Waals surface area contributed by atoms with Gasteiger partial charge in [0.2, 0.25) is 0 Å². The monoisotopic (exact) mass is 337 g/mol. The number of pyridine rings is 1. The normalized spacial score (nSPS) is 16.3. The van der Waals surface area contributed by atoms with Gasteiger partial charge in [-0.05, 0) is 49.1 Å². The van der Waals surface area contributed by atoms with E-state index < -0.39 is 0 Å². The Morgan fingerprint density at radius 3 is 2.56 bits per heavy atom. The van der Waals surface area contributed by atoms with E-state index in [-0.39, 0.29) is 12.0 Å². The minimum atomic E-state index is -0.118. The molecule has 0 unspecified atom stereocenters. The molecular formula is C20H23N3O2. The predicted octanol–water partition coefficient (Wildman–Crippen LogP) is 2.78. The highest BCUT2D eigenvalue weighted by molar-refractivity contribution is 5.53. The van der Waals surface area contributed by atoms with Crippen molar-refractivity contribution in [3.63, 3.8) is 0 Å². The molecule has 0 spiro atoms. The van der Waals surface area contributed by atoms with Crippen LogP contribution in [0.15, 0.2) is 42.6 Å². The van der Waals surface area contributed by atoms with Gasteiger partial charge in [0.1, 0.15) is 17.6 Å². The molecule has 1 N–H and O–H groups in total. The Morgan fingerprint density at radius 1 is 1.24 bits per heavy atom. The summed E-state index contributed by atoms with van der Waals surface area (Å²) in [5.41, 5.74) is 1.69. The SMILES string of the molecule is COc1ccc(CC2(CO)CCN(c3ncccc3C#N)CC2)cc1. The van der Waals surface area contributed by atoms with Crippen molar-refractivity contribution in [3.8, 4) is 11.8 Å². The third-order valence-corrected chi connectivity index (χ3v) is 5.10. The van der Waals surface area contributed by atoms with Crippen LogP contribution >= 0.6 is 0 Å². The van der Waals surface area contributed by atoms with Crippen molar-refractivity contribution in [2.75, 3.05) is 31.7 Å². The molecule has 0 aliphatic carbocycles. The van der Waals surface area contributed by atoms with E-state index in [1.165, 1.54) is 5.56 Å². The van der Waals surface area contributed by atoms with Gasteiger partial charge in [-0.25, -0.2) is 4.98 Å². The van der Waals surface area contributed by atoms with E-state index in [0.29, 0.717) is 5.56 Å². The number of hydrogen-bond acceptors (Lipinski definition) is 5. The Balaban J connectivity index is 1.70. The van der Waals surface area contributed by atoms with Crippen LogP contribution in [-0.4, -0.2) is 36.9 Å². The zero-order valence-corrected chi connectivity index (χ0v) is 14.5. The molecule has 2 aromatic rings. The van der Waals surface area contributed by atoms with Crippen molar-refractivity contribution in [2.45, 2.75) is 19.3 Å². The molecule has 0 atom stereocenters. The summed E-state index contributed by atoms with van der Waals surface area (Å²) in [6.45, 7) is 1.75. The van der Waals surface area contributed by atoms with Gasteiger partial charge in [0.05, 0.1) is 12.7 Å². The second-order valence-electron chi connectivity index (χ2n) is 6.66. The van der Waals surface area contributed by atoms with Gasteiger partial charge in [-0.3, -0.25) is 0 Å². The molecule has 25 heavy (non-hydrogen) atoms. The Kier molecular flexibility index (Phi) is 5.20. The Labute approximate surface area is 148 Å². The van der Waals surface area contributed by atoms with Crippen molar-refractivity contribution in [1.82, 2.24) is 4.98 Å². The quantitative estimate of drug-likeness (QED) is 0.908. The minimum absolute atomic E-state index is 0.118. The van der Waals surface area contributed by atoms with Crippen molar-refractivity contribution in [3.05, 3.63) is 53.7 Å². The summed E-state index contributed by atoms with van der Waals surface area (Å²) in [6.07, 6.45) is 4.31. The number of rotatable bonds is 5. The van der Waals surface area contributed by atoms with E-state index in [1.807, 2.05) is 12.1 Å². The molecule has 1 aromatic carbocycles. The van der Waals surface area contributed by atoms with Gasteiger partial charge in [0.15, 0.2) is 0 Å². The number of nitriles is 1. The molecular weight excluding hydrogens is 314 g/mol. The van der Waals surface area contributed by atoms with Crippen molar-refractivity contribution < 1.29 is 9.84 Å². The van der Waals surface area contributed by atoms with Crippen molar-refractivity contribution in [2.24, 2.45) is 5.41 Å². The average molecular weight is 337 g/mol. The van der Waals surface area contributed by atoms with Crippen LogP contribution in [0.2, 0.25) is 0 Å². The lowest BCUT2D eigenvalue weighted by Gasteiger charge is -2.41. The smallest absolute Gasteiger partial charge is 0.146 e. The largest absolute Gasteiger partial charge is 0.497 e. The maximum atomic E-state index is 10.1. The highest BCUT2D eigenvalue weighted by Gasteiger charge is 2.35. The lowest BCUT2D eigenvalue weighted by Crippen LogP contribution is -2.43. The summed E-state index contributed by atoms with van der Waals surface area (Å²) in [6, 6.07) is 13.8. The van der Waals surface area contributed by atoms with Gasteiger partial charge in [-0.15, -0.1) is 0 Å². The molecule has 1 fully saturated rings. The minimum Gasteiger partial charge on any atom is -0.497 e. The van der Waals surface area contributed by atoms with E-state index in [2.05, 4.69) is 28.1 Å². The predicted molar refractivity (Wildman–Crippen MR) is 96.6 cm³/mol. The van der Waals surface area contributed by atoms with Crippen LogP contribution in [-0.2, 0) is 6.42 Å². The van der Waals surface area contributed by atoms with Gasteiger partial charge in [0.25, 0.3) is 0 Å². The topological polar surface area (TPSA) is 69.4 Å². The van der Waals surface area contributed by atoms with Crippen molar-refractivity contribution >= 4 is 5.82 Å². The molecule has 0 amide bonds. The zero-order valence-electron chi connectivity index (χ0n) is 14.5. The fourth-order valence-corrected chi connectivity index (χ4v) is 3.50. The van der Waals surface area contributed by atoms with Gasteiger partial charge >= 0.3 is 0 Å². The van der Waals surface area contributed by atoms with Crippen LogP contribution in [0.25, 0.3) is 0 Å². The average Bonchev–Trinajstić information content (AvgIpc) is 2.69. The molecule has 3 rings (SSSR count). The third kappa shape index (κ3) is 3.75. The first-order valence-corrected chi connectivity index (χ1v) is 8.53. The van der Waals surface area contributed by atoms with Gasteiger partial charge in [0, 0.05) is 31.3 Å². The lowest BCUT2D eigenvalue weighted by molar-refractivity contribution is 0.0961. The highest BCUT2D eigenvalue weighted by Crippen LogP contribution is 2.36. The second-order valence-corrected chi connectivity index (χ2v) is 6.66. The molecule has 5 nitrogen and oxygen atoms in total. The van der Waals surface area contributed by atoms with Crippen LogP contribution in [0.1, 0.15) is 24.0 Å². The maximum Gasteiger partial charge on any atom is 0.146 e. The molecule has 0 saturated carbocycles. The summed E-state index contributed by atoms with van der Waals surface area (Å²) in [5, 5.41) is 19.3. The molecule has 1 aliphatic rings. The number of aliphatic hydroxyl groups is 1. The number of hydrogen-bond donors (Lipinski definition) is 1. The first-order chi connectivity index (χ1) is 12.2. The Bertz CT molecular complexity index is 744. The van der Waals surface area contributed by atoms with E-state index in [0.717, 1.165) is 43.9 Å². The van der Waals surface area contributed by atoms with Crippen LogP contribution in [0, 0.1) is 16.7 Å². The zero-order chi connectivity index (χ0) is 17.7. The first kappa shape index (κ1) is 17.2. The molecule has 130 valence electrons. The molecule has 1 aromatic heterocycles. The van der Waals surface area contributed by atoms with Gasteiger partial charge in [-0.2, -0.15) is 5.26 Å². The Hall–Kier alpha value is -2.58. The highest BCUT2D eigenvalue weighted by atomic mass is 16.5.